The maximum atomic E-state index is 11.6. The average Bonchev–Trinajstić information content (AvgIpc) is 2.91. The molecule has 194 valence electrons. The highest BCUT2D eigenvalue weighted by molar-refractivity contribution is 6.33. The number of hydrogen-bond donors (Lipinski definition) is 3. The molecule has 0 saturated heterocycles. The summed E-state index contributed by atoms with van der Waals surface area (Å²) >= 11 is 12.5. The number of aromatic carboxylic acids is 1. The lowest BCUT2D eigenvalue weighted by molar-refractivity contribution is -0.117. The minimum atomic E-state index is -0.964. The van der Waals surface area contributed by atoms with Gasteiger partial charge in [0.05, 0.1) is 17.7 Å². The number of pyridine rings is 2. The summed E-state index contributed by atoms with van der Waals surface area (Å²) in [7, 11) is 0. The van der Waals surface area contributed by atoms with Gasteiger partial charge in [-0.1, -0.05) is 47.5 Å². The molecule has 3 heterocycles. The fraction of sp³-hybridized carbons (Fsp3) is 0.143. The normalized spacial score (nSPS) is 12.0. The van der Waals surface area contributed by atoms with Gasteiger partial charge in [0, 0.05) is 53.3 Å². The lowest BCUT2D eigenvalue weighted by Crippen LogP contribution is -2.34. The van der Waals surface area contributed by atoms with Gasteiger partial charge in [-0.2, -0.15) is 0 Å². The quantitative estimate of drug-likeness (QED) is 0.298. The molecule has 0 atom stereocenters. The number of carbonyl (C=O) groups is 2. The Morgan fingerprint density at radius 2 is 1.82 bits per heavy atom. The smallest absolute Gasteiger partial charge is 0.336 e. The monoisotopic (exact) mass is 549 g/mol. The van der Waals surface area contributed by atoms with E-state index < -0.39 is 5.97 Å². The number of anilines is 2. The zero-order valence-corrected chi connectivity index (χ0v) is 21.8. The van der Waals surface area contributed by atoms with Gasteiger partial charge in [-0.3, -0.25) is 9.78 Å². The molecular formula is C28H25Cl2N5O3. The van der Waals surface area contributed by atoms with Crippen molar-refractivity contribution in [1.82, 2.24) is 9.97 Å². The molecule has 1 aliphatic heterocycles. The number of carboxylic acids is 1. The highest BCUT2D eigenvalue weighted by Gasteiger charge is 2.21. The maximum absolute atomic E-state index is 11.6. The van der Waals surface area contributed by atoms with Gasteiger partial charge in [0.25, 0.3) is 0 Å². The number of carbonyl (C=O) groups excluding carboxylic acids is 1. The topological polar surface area (TPSA) is 121 Å². The molecule has 1 aliphatic rings. The Kier molecular flexibility index (Phi) is 8.78. The van der Waals surface area contributed by atoms with E-state index >= 15 is 0 Å². The Hall–Kier alpha value is -4.14. The van der Waals surface area contributed by atoms with E-state index in [4.69, 9.17) is 28.9 Å². The van der Waals surface area contributed by atoms with Crippen LogP contribution in [0.4, 0.5) is 11.5 Å². The van der Waals surface area contributed by atoms with Crippen molar-refractivity contribution >= 4 is 46.6 Å². The first-order valence-electron chi connectivity index (χ1n) is 11.8. The summed E-state index contributed by atoms with van der Waals surface area (Å²) in [5.74, 6) is -0.548. The number of carboxylic acid groups (broad SMARTS) is 1. The molecule has 10 heteroatoms. The van der Waals surface area contributed by atoms with Gasteiger partial charge >= 0.3 is 5.97 Å². The number of aromatic nitrogens is 2. The fourth-order valence-corrected chi connectivity index (χ4v) is 4.42. The van der Waals surface area contributed by atoms with Crippen molar-refractivity contribution in [2.75, 3.05) is 23.3 Å². The van der Waals surface area contributed by atoms with Crippen molar-refractivity contribution in [3.63, 3.8) is 0 Å². The van der Waals surface area contributed by atoms with Crippen LogP contribution in [-0.2, 0) is 17.8 Å². The van der Waals surface area contributed by atoms with Crippen LogP contribution in [0.15, 0.2) is 79.1 Å². The predicted octanol–water partition coefficient (Wildman–Crippen LogP) is 5.30. The number of nitrogens with two attached hydrogens (primary N) is 1. The van der Waals surface area contributed by atoms with Crippen molar-refractivity contribution in [2.24, 2.45) is 5.73 Å². The largest absolute Gasteiger partial charge is 0.478 e. The first-order chi connectivity index (χ1) is 18.3. The standard InChI is InChI=1S/C21H17Cl2N3O2.C7H8N2O/c22-15-5-6-18(23)14(9-15)12-26-8-7-24-20-19(26)10-13(11-25-20)16-3-1-2-4-17(16)21(27)28;8-7(10)5-6-3-1-2-4-9-6/h1-6,9-11H,7-8,12H2,(H,24,25)(H,27,28);1-4H,5H2,(H2,8,10). The molecule has 5 rings (SSSR count). The summed E-state index contributed by atoms with van der Waals surface area (Å²) in [6, 6.07) is 19.7. The number of hydrogen-bond acceptors (Lipinski definition) is 6. The van der Waals surface area contributed by atoms with Crippen LogP contribution in [0.5, 0.6) is 0 Å². The second kappa shape index (κ2) is 12.4. The molecule has 0 saturated carbocycles. The molecule has 2 aromatic carbocycles. The molecular weight excluding hydrogens is 525 g/mol. The first-order valence-corrected chi connectivity index (χ1v) is 12.5. The van der Waals surface area contributed by atoms with E-state index in [1.165, 1.54) is 0 Å². The molecule has 0 bridgehead atoms. The molecule has 4 aromatic rings. The summed E-state index contributed by atoms with van der Waals surface area (Å²) < 4.78 is 0. The Balaban J connectivity index is 0.000000283. The number of halogens is 2. The third-order valence-corrected chi connectivity index (χ3v) is 6.41. The SMILES string of the molecule is NC(=O)Cc1ccccn1.O=C(O)c1ccccc1-c1cnc2c(c1)N(Cc1cc(Cl)ccc1Cl)CCN2. The molecule has 4 N–H and O–H groups in total. The van der Waals surface area contributed by atoms with E-state index in [1.807, 2.05) is 24.3 Å². The van der Waals surface area contributed by atoms with Gasteiger partial charge in [0.1, 0.15) is 5.82 Å². The van der Waals surface area contributed by atoms with Crippen molar-refractivity contribution in [2.45, 2.75) is 13.0 Å². The number of fused-ring (bicyclic) bond motifs is 1. The summed E-state index contributed by atoms with van der Waals surface area (Å²) in [5, 5.41) is 14.1. The van der Waals surface area contributed by atoms with Crippen LogP contribution < -0.4 is 16.0 Å². The lowest BCUT2D eigenvalue weighted by Gasteiger charge is -2.32. The summed E-state index contributed by atoms with van der Waals surface area (Å²) in [5.41, 5.74) is 9.13. The van der Waals surface area contributed by atoms with Gasteiger partial charge in [-0.25, -0.2) is 9.78 Å². The van der Waals surface area contributed by atoms with E-state index in [0.29, 0.717) is 22.2 Å². The molecule has 0 fully saturated rings. The van der Waals surface area contributed by atoms with E-state index in [2.05, 4.69) is 20.2 Å². The van der Waals surface area contributed by atoms with Crippen molar-refractivity contribution in [1.29, 1.82) is 0 Å². The molecule has 38 heavy (non-hydrogen) atoms. The third-order valence-electron chi connectivity index (χ3n) is 5.80. The van der Waals surface area contributed by atoms with Gasteiger partial charge in [0.2, 0.25) is 5.91 Å². The zero-order valence-electron chi connectivity index (χ0n) is 20.3. The predicted molar refractivity (Wildman–Crippen MR) is 150 cm³/mol. The van der Waals surface area contributed by atoms with Gasteiger partial charge in [-0.15, -0.1) is 0 Å². The van der Waals surface area contributed by atoms with Gasteiger partial charge < -0.3 is 21.1 Å². The Bertz CT molecular complexity index is 1450. The Morgan fingerprint density at radius 3 is 2.55 bits per heavy atom. The third kappa shape index (κ3) is 6.79. The molecule has 1 amide bonds. The maximum Gasteiger partial charge on any atom is 0.336 e. The van der Waals surface area contributed by atoms with Crippen LogP contribution in [0.3, 0.4) is 0 Å². The summed E-state index contributed by atoms with van der Waals surface area (Å²) in [6.07, 6.45) is 3.56. The number of benzene rings is 2. The molecule has 0 radical (unpaired) electrons. The molecule has 0 aliphatic carbocycles. The Labute approximate surface area is 230 Å². The van der Waals surface area contributed by atoms with E-state index in [0.717, 1.165) is 41.4 Å². The second-order valence-corrected chi connectivity index (χ2v) is 9.33. The molecule has 0 unspecified atom stereocenters. The number of rotatable bonds is 6. The zero-order chi connectivity index (χ0) is 27.1. The summed E-state index contributed by atoms with van der Waals surface area (Å²) in [6.45, 7) is 2.10. The fourth-order valence-electron chi connectivity index (χ4n) is 4.04. The molecule has 8 nitrogen and oxygen atoms in total. The minimum absolute atomic E-state index is 0.223. The van der Waals surface area contributed by atoms with Crippen LogP contribution in [0.2, 0.25) is 10.0 Å². The van der Waals surface area contributed by atoms with Crippen molar-refractivity contribution in [3.8, 4) is 11.1 Å². The lowest BCUT2D eigenvalue weighted by atomic mass is 10.0. The highest BCUT2D eigenvalue weighted by atomic mass is 35.5. The van der Waals surface area contributed by atoms with E-state index in [1.54, 1.807) is 54.9 Å². The first kappa shape index (κ1) is 26.9. The van der Waals surface area contributed by atoms with E-state index in [9.17, 15) is 14.7 Å². The van der Waals surface area contributed by atoms with Crippen LogP contribution in [0, 0.1) is 0 Å². The van der Waals surface area contributed by atoms with Crippen LogP contribution >= 0.6 is 23.2 Å². The average molecular weight is 550 g/mol. The van der Waals surface area contributed by atoms with E-state index in [-0.39, 0.29) is 17.9 Å². The second-order valence-electron chi connectivity index (χ2n) is 8.49. The van der Waals surface area contributed by atoms with Gasteiger partial charge in [0.15, 0.2) is 0 Å². The van der Waals surface area contributed by atoms with Crippen LogP contribution in [0.25, 0.3) is 11.1 Å². The van der Waals surface area contributed by atoms with Gasteiger partial charge in [-0.05, 0) is 53.6 Å². The van der Waals surface area contributed by atoms with Crippen molar-refractivity contribution in [3.05, 3.63) is 106 Å². The highest BCUT2D eigenvalue weighted by Crippen LogP contribution is 2.35. The number of amides is 1. The van der Waals surface area contributed by atoms with Crippen LogP contribution in [0.1, 0.15) is 21.6 Å². The molecule has 0 spiro atoms. The minimum Gasteiger partial charge on any atom is -0.478 e. The summed E-state index contributed by atoms with van der Waals surface area (Å²) in [4.78, 5) is 32.6. The number of nitrogens with zero attached hydrogens (tertiary/aromatic N) is 3. The number of nitrogens with one attached hydrogen (secondary N) is 1. The van der Waals surface area contributed by atoms with Crippen LogP contribution in [-0.4, -0.2) is 40.0 Å². The van der Waals surface area contributed by atoms with Crippen molar-refractivity contribution < 1.29 is 14.7 Å². The number of primary amides is 1. The Morgan fingerprint density at radius 1 is 1.03 bits per heavy atom. The molecule has 2 aromatic heterocycles.